The number of hydrogen-bond donors (Lipinski definition) is 3. The van der Waals surface area contributed by atoms with Gasteiger partial charge < -0.3 is 15.3 Å². The number of aliphatic carboxylic acids is 1. The molecular weight excluding hydrogens is 342 g/mol. The summed E-state index contributed by atoms with van der Waals surface area (Å²) in [4.78, 5) is 10.3. The highest BCUT2D eigenvalue weighted by atomic mass is 19.1. The average molecular weight is 372 g/mol. The Morgan fingerprint density at radius 1 is 0.923 bits per heavy atom. The van der Waals surface area contributed by atoms with Crippen LogP contribution >= 0.6 is 0 Å². The van der Waals surface area contributed by atoms with Gasteiger partial charge in [0.25, 0.3) is 0 Å². The van der Waals surface area contributed by atoms with E-state index >= 15 is 0 Å². The Balaban J connectivity index is 3.85. The normalized spacial score (nSPS) is 16.2. The second kappa shape index (κ2) is 16.7. The van der Waals surface area contributed by atoms with Gasteiger partial charge in [0.05, 0.1) is 18.9 Å². The molecule has 0 saturated heterocycles. The fourth-order valence-electron chi connectivity index (χ4n) is 2.04. The smallest absolute Gasteiger partial charge is 0.303 e. The van der Waals surface area contributed by atoms with Gasteiger partial charge in [0.2, 0.25) is 0 Å². The van der Waals surface area contributed by atoms with Crippen LogP contribution in [0, 0.1) is 0 Å². The first-order valence-electron chi connectivity index (χ1n) is 8.90. The Bertz CT molecular complexity index is 472. The first kappa shape index (κ1) is 24.2. The van der Waals surface area contributed by atoms with E-state index in [2.05, 4.69) is 0 Å². The number of alkyl halides is 2. The van der Waals surface area contributed by atoms with Crippen LogP contribution in [0.5, 0.6) is 0 Å². The molecule has 6 heteroatoms. The minimum Gasteiger partial charge on any atom is -0.481 e. The molecule has 0 heterocycles. The maximum absolute atomic E-state index is 13.0. The van der Waals surface area contributed by atoms with Crippen molar-refractivity contribution in [3.05, 3.63) is 48.6 Å². The molecular formula is C20H30F2O4. The molecule has 4 nitrogen and oxygen atoms in total. The number of allylic oxidation sites excluding steroid dienone is 5. The van der Waals surface area contributed by atoms with Crippen LogP contribution in [0.2, 0.25) is 0 Å². The van der Waals surface area contributed by atoms with Crippen molar-refractivity contribution < 1.29 is 28.9 Å². The average Bonchev–Trinajstić information content (AvgIpc) is 2.57. The summed E-state index contributed by atoms with van der Waals surface area (Å²) in [5.41, 5.74) is 0. The summed E-state index contributed by atoms with van der Waals surface area (Å²) in [7, 11) is 0. The van der Waals surface area contributed by atoms with Gasteiger partial charge in [0.15, 0.2) is 0 Å². The molecule has 26 heavy (non-hydrogen) atoms. The molecule has 0 aromatic heterocycles. The van der Waals surface area contributed by atoms with E-state index < -0.39 is 31.0 Å². The SMILES string of the molecule is O=C(O)CCC[C@H](O)\C=C/C=C/C=C/[C@H](O)C/C=C\CCC(F)CCF. The van der Waals surface area contributed by atoms with E-state index in [1.807, 2.05) is 0 Å². The van der Waals surface area contributed by atoms with Crippen LogP contribution in [0.1, 0.15) is 44.9 Å². The summed E-state index contributed by atoms with van der Waals surface area (Å²) in [6.45, 7) is -0.638. The number of halogens is 2. The Kier molecular flexibility index (Phi) is 15.5. The lowest BCUT2D eigenvalue weighted by molar-refractivity contribution is -0.137. The van der Waals surface area contributed by atoms with Crippen LogP contribution in [-0.4, -0.2) is 46.3 Å². The number of carboxylic acid groups (broad SMARTS) is 1. The van der Waals surface area contributed by atoms with Gasteiger partial charge in [-0.3, -0.25) is 9.18 Å². The van der Waals surface area contributed by atoms with E-state index in [4.69, 9.17) is 5.11 Å². The summed E-state index contributed by atoms with van der Waals surface area (Å²) in [5.74, 6) is -0.872. The van der Waals surface area contributed by atoms with Crippen molar-refractivity contribution in [3.63, 3.8) is 0 Å². The summed E-state index contributed by atoms with van der Waals surface area (Å²) in [6.07, 6.45) is 13.1. The third-order valence-electron chi connectivity index (χ3n) is 3.50. The minimum atomic E-state index is -1.11. The summed E-state index contributed by atoms with van der Waals surface area (Å²) >= 11 is 0. The van der Waals surface area contributed by atoms with Crippen molar-refractivity contribution in [2.45, 2.75) is 63.3 Å². The van der Waals surface area contributed by atoms with Gasteiger partial charge in [-0.05, 0) is 32.1 Å². The molecule has 3 atom stereocenters. The highest BCUT2D eigenvalue weighted by Crippen LogP contribution is 2.08. The maximum Gasteiger partial charge on any atom is 0.303 e. The molecule has 0 aromatic rings. The van der Waals surface area contributed by atoms with Crippen molar-refractivity contribution in [1.29, 1.82) is 0 Å². The number of aliphatic hydroxyl groups excluding tert-OH is 2. The van der Waals surface area contributed by atoms with Gasteiger partial charge in [0, 0.05) is 12.8 Å². The van der Waals surface area contributed by atoms with Crippen LogP contribution in [0.4, 0.5) is 8.78 Å². The van der Waals surface area contributed by atoms with Crippen LogP contribution in [-0.2, 0) is 4.79 Å². The van der Waals surface area contributed by atoms with Crippen molar-refractivity contribution in [2.75, 3.05) is 6.67 Å². The van der Waals surface area contributed by atoms with E-state index in [9.17, 15) is 23.8 Å². The molecule has 0 bridgehead atoms. The fraction of sp³-hybridized carbons (Fsp3) is 0.550. The predicted octanol–water partition coefficient (Wildman–Crippen LogP) is 4.06. The lowest BCUT2D eigenvalue weighted by atomic mass is 10.1. The molecule has 3 N–H and O–H groups in total. The Morgan fingerprint density at radius 2 is 1.58 bits per heavy atom. The fourth-order valence-corrected chi connectivity index (χ4v) is 2.04. The maximum atomic E-state index is 13.0. The van der Waals surface area contributed by atoms with Crippen molar-refractivity contribution in [1.82, 2.24) is 0 Å². The van der Waals surface area contributed by atoms with Crippen LogP contribution in [0.3, 0.4) is 0 Å². The Hall–Kier alpha value is -1.79. The van der Waals surface area contributed by atoms with E-state index in [0.717, 1.165) is 0 Å². The summed E-state index contributed by atoms with van der Waals surface area (Å²) in [5, 5.41) is 27.8. The van der Waals surface area contributed by atoms with Crippen molar-refractivity contribution in [2.24, 2.45) is 0 Å². The zero-order valence-electron chi connectivity index (χ0n) is 15.0. The molecule has 0 radical (unpaired) electrons. The number of carboxylic acids is 1. The standard InChI is InChI=1S/C20H30F2O4/c21-16-15-17(22)9-4-3-7-12-18(23)10-5-1-2-6-11-19(24)13-8-14-20(25)26/h1-3,5-7,10-11,17-19,23-24H,4,8-9,12-16H2,(H,25,26)/b2-1+,7-3-,10-5+,11-6-/t17?,18-,19+/m0/s1. The zero-order valence-corrected chi connectivity index (χ0v) is 15.0. The summed E-state index contributed by atoms with van der Waals surface area (Å²) < 4.78 is 24.9. The number of hydrogen-bond acceptors (Lipinski definition) is 3. The monoisotopic (exact) mass is 372 g/mol. The molecule has 0 aliphatic rings. The number of carbonyl (C=O) groups is 1. The number of rotatable bonds is 15. The molecule has 0 aliphatic carbocycles. The zero-order chi connectivity index (χ0) is 19.6. The van der Waals surface area contributed by atoms with Gasteiger partial charge in [0.1, 0.15) is 6.17 Å². The highest BCUT2D eigenvalue weighted by Gasteiger charge is 2.03. The molecule has 148 valence electrons. The second-order valence-corrected chi connectivity index (χ2v) is 5.93. The molecule has 0 amide bonds. The largest absolute Gasteiger partial charge is 0.481 e. The molecule has 1 unspecified atom stereocenters. The molecule has 0 aromatic carbocycles. The van der Waals surface area contributed by atoms with Crippen molar-refractivity contribution >= 4 is 5.97 Å². The third kappa shape index (κ3) is 17.0. The van der Waals surface area contributed by atoms with Gasteiger partial charge >= 0.3 is 5.97 Å². The molecule has 0 fully saturated rings. The van der Waals surface area contributed by atoms with Gasteiger partial charge in [-0.25, -0.2) is 4.39 Å². The first-order valence-corrected chi connectivity index (χ1v) is 8.90. The van der Waals surface area contributed by atoms with Crippen LogP contribution in [0.15, 0.2) is 48.6 Å². The Morgan fingerprint density at radius 3 is 2.19 bits per heavy atom. The van der Waals surface area contributed by atoms with Crippen molar-refractivity contribution in [3.8, 4) is 0 Å². The topological polar surface area (TPSA) is 77.8 Å². The highest BCUT2D eigenvalue weighted by molar-refractivity contribution is 5.66. The lowest BCUT2D eigenvalue weighted by Crippen LogP contribution is -2.03. The Labute approximate surface area is 154 Å². The van der Waals surface area contributed by atoms with E-state index in [1.165, 1.54) is 0 Å². The first-order chi connectivity index (χ1) is 12.5. The molecule has 0 spiro atoms. The number of aliphatic hydroxyl groups is 2. The van der Waals surface area contributed by atoms with Gasteiger partial charge in [-0.15, -0.1) is 0 Å². The minimum absolute atomic E-state index is 0.0434. The summed E-state index contributed by atoms with van der Waals surface area (Å²) in [6, 6.07) is 0. The van der Waals surface area contributed by atoms with Crippen LogP contribution < -0.4 is 0 Å². The van der Waals surface area contributed by atoms with E-state index in [0.29, 0.717) is 32.1 Å². The van der Waals surface area contributed by atoms with E-state index in [1.54, 1.807) is 48.6 Å². The second-order valence-electron chi connectivity index (χ2n) is 5.93. The van der Waals surface area contributed by atoms with Gasteiger partial charge in [-0.1, -0.05) is 48.6 Å². The lowest BCUT2D eigenvalue weighted by Gasteiger charge is -2.02. The quantitative estimate of drug-likeness (QED) is 0.299. The molecule has 0 rings (SSSR count). The van der Waals surface area contributed by atoms with Crippen LogP contribution in [0.25, 0.3) is 0 Å². The predicted molar refractivity (Wildman–Crippen MR) is 99.4 cm³/mol. The van der Waals surface area contributed by atoms with E-state index in [-0.39, 0.29) is 12.8 Å². The molecule has 0 saturated carbocycles. The van der Waals surface area contributed by atoms with Gasteiger partial charge in [-0.2, -0.15) is 0 Å². The third-order valence-corrected chi connectivity index (χ3v) is 3.50. The molecule has 0 aliphatic heterocycles.